The highest BCUT2D eigenvalue weighted by Crippen LogP contribution is 2.22. The lowest BCUT2D eigenvalue weighted by Crippen LogP contribution is -2.48. The van der Waals surface area contributed by atoms with Gasteiger partial charge in [0.2, 0.25) is 5.91 Å². The maximum Gasteiger partial charge on any atom is 0.241 e. The molecule has 0 bridgehead atoms. The van der Waals surface area contributed by atoms with Crippen LogP contribution in [0.5, 0.6) is 0 Å². The fourth-order valence-corrected chi connectivity index (χ4v) is 4.50. The van der Waals surface area contributed by atoms with Crippen molar-refractivity contribution in [2.75, 3.05) is 16.8 Å². The van der Waals surface area contributed by atoms with Crippen molar-refractivity contribution in [3.8, 4) is 0 Å². The number of sulfone groups is 1. The summed E-state index contributed by atoms with van der Waals surface area (Å²) in [5, 5.41) is 6.30. The van der Waals surface area contributed by atoms with Crippen molar-refractivity contribution >= 4 is 21.4 Å². The number of aryl methyl sites for hydroxylation is 1. The number of rotatable bonds is 2. The zero-order valence-corrected chi connectivity index (χ0v) is 12.7. The molecule has 1 atom stereocenters. The molecule has 114 valence electrons. The number of amides is 1. The van der Waals surface area contributed by atoms with E-state index in [4.69, 9.17) is 0 Å². The summed E-state index contributed by atoms with van der Waals surface area (Å²) in [6.45, 7) is 0. The fourth-order valence-electron chi connectivity index (χ4n) is 3.01. The minimum Gasteiger partial charge on any atom is -0.324 e. The van der Waals surface area contributed by atoms with Gasteiger partial charge in [-0.3, -0.25) is 4.79 Å². The predicted molar refractivity (Wildman–Crippen MR) is 82.0 cm³/mol. The molecule has 0 spiro atoms. The summed E-state index contributed by atoms with van der Waals surface area (Å²) in [6.07, 6.45) is 2.78. The number of fused-ring (bicyclic) bond motifs is 1. The van der Waals surface area contributed by atoms with Gasteiger partial charge in [-0.1, -0.05) is 18.2 Å². The molecule has 0 saturated carbocycles. The molecule has 6 heteroatoms. The normalized spacial score (nSPS) is 25.7. The van der Waals surface area contributed by atoms with E-state index < -0.39 is 9.84 Å². The van der Waals surface area contributed by atoms with Crippen LogP contribution in [0.2, 0.25) is 0 Å². The number of carbonyl (C=O) groups excluding carboxylic acids is 1. The zero-order valence-electron chi connectivity index (χ0n) is 11.8. The first-order valence-corrected chi connectivity index (χ1v) is 9.21. The van der Waals surface area contributed by atoms with Gasteiger partial charge in [0.15, 0.2) is 0 Å². The minimum atomic E-state index is -2.86. The van der Waals surface area contributed by atoms with Gasteiger partial charge in [0.1, 0.15) is 9.84 Å². The average Bonchev–Trinajstić information content (AvgIpc) is 2.61. The smallest absolute Gasteiger partial charge is 0.241 e. The average molecular weight is 308 g/mol. The van der Waals surface area contributed by atoms with Gasteiger partial charge in [-0.25, -0.2) is 8.42 Å². The van der Waals surface area contributed by atoms with E-state index in [0.717, 1.165) is 24.1 Å². The second-order valence-electron chi connectivity index (χ2n) is 5.83. The van der Waals surface area contributed by atoms with Crippen LogP contribution in [0.3, 0.4) is 0 Å². The molecule has 0 aliphatic carbocycles. The Hall–Kier alpha value is -1.40. The molecule has 3 rings (SSSR count). The van der Waals surface area contributed by atoms with Gasteiger partial charge in [-0.05, 0) is 37.3 Å². The van der Waals surface area contributed by atoms with E-state index in [1.807, 2.05) is 24.3 Å². The summed E-state index contributed by atoms with van der Waals surface area (Å²) in [5.74, 6) is 0.423. The maximum absolute atomic E-state index is 12.3. The summed E-state index contributed by atoms with van der Waals surface area (Å²) in [6, 6.07) is 7.71. The maximum atomic E-state index is 12.3. The lowest BCUT2D eigenvalue weighted by molar-refractivity contribution is -0.118. The number of benzene rings is 1. The van der Waals surface area contributed by atoms with Crippen molar-refractivity contribution in [1.29, 1.82) is 0 Å². The topological polar surface area (TPSA) is 75.3 Å². The van der Waals surface area contributed by atoms with Crippen LogP contribution in [0, 0.1) is 0 Å². The summed E-state index contributed by atoms with van der Waals surface area (Å²) >= 11 is 0. The zero-order chi connectivity index (χ0) is 14.9. The first-order valence-electron chi connectivity index (χ1n) is 7.39. The van der Waals surface area contributed by atoms with Crippen LogP contribution in [0.15, 0.2) is 24.3 Å². The quantitative estimate of drug-likeness (QED) is 0.858. The SMILES string of the molecule is O=C1Nc2ccccc2CCC1NC1CCS(=O)(=O)CC1. The summed E-state index contributed by atoms with van der Waals surface area (Å²) < 4.78 is 22.9. The molecule has 1 saturated heterocycles. The molecule has 1 unspecified atom stereocenters. The second-order valence-corrected chi connectivity index (χ2v) is 8.13. The molecule has 5 nitrogen and oxygen atoms in total. The molecule has 1 fully saturated rings. The molecule has 1 aromatic carbocycles. The lowest BCUT2D eigenvalue weighted by atomic mass is 10.0. The van der Waals surface area contributed by atoms with Crippen LogP contribution in [-0.2, 0) is 21.1 Å². The van der Waals surface area contributed by atoms with Crippen molar-refractivity contribution in [2.45, 2.75) is 37.8 Å². The molecule has 1 aromatic rings. The highest BCUT2D eigenvalue weighted by molar-refractivity contribution is 7.91. The number of hydrogen-bond donors (Lipinski definition) is 2. The molecule has 2 aliphatic rings. The van der Waals surface area contributed by atoms with Gasteiger partial charge in [0.25, 0.3) is 0 Å². The Morgan fingerprint density at radius 2 is 1.81 bits per heavy atom. The molecule has 2 heterocycles. The molecule has 0 aromatic heterocycles. The molecular weight excluding hydrogens is 288 g/mol. The van der Waals surface area contributed by atoms with Gasteiger partial charge in [-0.15, -0.1) is 0 Å². The molecule has 1 amide bonds. The highest BCUT2D eigenvalue weighted by Gasteiger charge is 2.29. The van der Waals surface area contributed by atoms with Crippen molar-refractivity contribution in [3.63, 3.8) is 0 Å². The highest BCUT2D eigenvalue weighted by atomic mass is 32.2. The van der Waals surface area contributed by atoms with Gasteiger partial charge in [-0.2, -0.15) is 0 Å². The van der Waals surface area contributed by atoms with E-state index in [0.29, 0.717) is 12.8 Å². The predicted octanol–water partition coefficient (Wildman–Crippen LogP) is 1.11. The van der Waals surface area contributed by atoms with E-state index >= 15 is 0 Å². The second kappa shape index (κ2) is 5.77. The van der Waals surface area contributed by atoms with E-state index in [9.17, 15) is 13.2 Å². The van der Waals surface area contributed by atoms with E-state index in [2.05, 4.69) is 10.6 Å². The van der Waals surface area contributed by atoms with Crippen LogP contribution in [-0.4, -0.2) is 37.9 Å². The Kier molecular flexibility index (Phi) is 3.99. The number of anilines is 1. The van der Waals surface area contributed by atoms with E-state index in [1.165, 1.54) is 0 Å². The Labute approximate surface area is 125 Å². The summed E-state index contributed by atoms with van der Waals surface area (Å²) in [5.41, 5.74) is 2.04. The number of nitrogens with one attached hydrogen (secondary N) is 2. The monoisotopic (exact) mass is 308 g/mol. The van der Waals surface area contributed by atoms with Crippen molar-refractivity contribution in [2.24, 2.45) is 0 Å². The third-order valence-corrected chi connectivity index (χ3v) is 6.00. The lowest BCUT2D eigenvalue weighted by Gasteiger charge is -2.27. The van der Waals surface area contributed by atoms with Gasteiger partial charge in [0.05, 0.1) is 17.5 Å². The summed E-state index contributed by atoms with van der Waals surface area (Å²) in [7, 11) is -2.86. The first kappa shape index (κ1) is 14.5. The van der Waals surface area contributed by atoms with Crippen molar-refractivity contribution in [1.82, 2.24) is 5.32 Å². The van der Waals surface area contributed by atoms with Gasteiger partial charge < -0.3 is 10.6 Å². The molecule has 2 N–H and O–H groups in total. The van der Waals surface area contributed by atoms with Crippen LogP contribution in [0.25, 0.3) is 0 Å². The number of hydrogen-bond acceptors (Lipinski definition) is 4. The van der Waals surface area contributed by atoms with Crippen molar-refractivity contribution < 1.29 is 13.2 Å². The van der Waals surface area contributed by atoms with Gasteiger partial charge in [0, 0.05) is 11.7 Å². The van der Waals surface area contributed by atoms with E-state index in [-0.39, 0.29) is 29.5 Å². The van der Waals surface area contributed by atoms with E-state index in [1.54, 1.807) is 0 Å². The minimum absolute atomic E-state index is 0.0200. The third kappa shape index (κ3) is 3.44. The third-order valence-electron chi connectivity index (χ3n) is 4.29. The Balaban J connectivity index is 1.64. The van der Waals surface area contributed by atoms with Crippen molar-refractivity contribution in [3.05, 3.63) is 29.8 Å². The van der Waals surface area contributed by atoms with Crippen LogP contribution >= 0.6 is 0 Å². The van der Waals surface area contributed by atoms with Gasteiger partial charge >= 0.3 is 0 Å². The number of carbonyl (C=O) groups is 1. The molecular formula is C15H20N2O3S. The first-order chi connectivity index (χ1) is 10.0. The van der Waals surface area contributed by atoms with Crippen LogP contribution in [0.1, 0.15) is 24.8 Å². The number of para-hydroxylation sites is 1. The molecule has 21 heavy (non-hydrogen) atoms. The molecule has 0 radical (unpaired) electrons. The Morgan fingerprint density at radius 1 is 1.10 bits per heavy atom. The Bertz CT molecular complexity index is 628. The standard InChI is InChI=1S/C15H20N2O3S/c18-15-14(16-12-7-9-21(19,20)10-8-12)6-5-11-3-1-2-4-13(11)17-15/h1-4,12,14,16H,5-10H2,(H,17,18). The largest absolute Gasteiger partial charge is 0.324 e. The summed E-state index contributed by atoms with van der Waals surface area (Å²) in [4.78, 5) is 12.3. The van der Waals surface area contributed by atoms with Crippen LogP contribution < -0.4 is 10.6 Å². The van der Waals surface area contributed by atoms with Crippen LogP contribution in [0.4, 0.5) is 5.69 Å². The molecule has 2 aliphatic heterocycles. The Morgan fingerprint density at radius 3 is 2.57 bits per heavy atom. The fraction of sp³-hybridized carbons (Fsp3) is 0.533.